The highest BCUT2D eigenvalue weighted by Gasteiger charge is 2.19. The summed E-state index contributed by atoms with van der Waals surface area (Å²) in [4.78, 5) is 14.7. The van der Waals surface area contributed by atoms with Crippen molar-refractivity contribution in [3.05, 3.63) is 59.2 Å². The van der Waals surface area contributed by atoms with Crippen LogP contribution >= 0.6 is 0 Å². The Labute approximate surface area is 137 Å². The molecule has 1 amide bonds. The Morgan fingerprint density at radius 1 is 1.13 bits per heavy atom. The van der Waals surface area contributed by atoms with Gasteiger partial charge in [0, 0.05) is 25.8 Å². The van der Waals surface area contributed by atoms with E-state index in [-0.39, 0.29) is 11.7 Å². The van der Waals surface area contributed by atoms with E-state index in [1.165, 1.54) is 12.1 Å². The first-order valence-electron chi connectivity index (χ1n) is 8.19. The summed E-state index contributed by atoms with van der Waals surface area (Å²) in [6.45, 7) is 5.35. The van der Waals surface area contributed by atoms with Gasteiger partial charge in [-0.15, -0.1) is 0 Å². The van der Waals surface area contributed by atoms with Crippen LogP contribution in [-0.4, -0.2) is 21.9 Å². The summed E-state index contributed by atoms with van der Waals surface area (Å²) >= 11 is 0. The van der Waals surface area contributed by atoms with Crippen LogP contribution in [0.1, 0.15) is 47.9 Å². The first kappa shape index (κ1) is 17.3. The normalized spacial score (nSPS) is 10.8. The maximum atomic E-state index is 13.1. The third kappa shape index (κ3) is 4.44. The predicted molar refractivity (Wildman–Crippen MR) is 90.8 cm³/mol. The number of amides is 1. The van der Waals surface area contributed by atoms with Gasteiger partial charge in [-0.1, -0.05) is 31.9 Å². The summed E-state index contributed by atoms with van der Waals surface area (Å²) in [7, 11) is 1.91. The third-order valence-electron chi connectivity index (χ3n) is 4.20. The second kappa shape index (κ2) is 7.95. The number of carbonyl (C=O) groups excluding carboxylic acids is 1. The molecule has 2 aromatic rings. The van der Waals surface area contributed by atoms with Crippen LogP contribution in [-0.2, 0) is 13.6 Å². The molecule has 0 fully saturated rings. The van der Waals surface area contributed by atoms with Crippen LogP contribution in [0.3, 0.4) is 0 Å². The van der Waals surface area contributed by atoms with Gasteiger partial charge in [-0.2, -0.15) is 0 Å². The second-order valence-electron chi connectivity index (χ2n) is 5.98. The lowest BCUT2D eigenvalue weighted by molar-refractivity contribution is 0.0730. The van der Waals surface area contributed by atoms with Gasteiger partial charge in [-0.05, 0) is 43.2 Å². The highest BCUT2D eigenvalue weighted by Crippen LogP contribution is 2.14. The zero-order chi connectivity index (χ0) is 16.8. The van der Waals surface area contributed by atoms with Crippen molar-refractivity contribution in [3.8, 4) is 0 Å². The molecule has 0 spiro atoms. The van der Waals surface area contributed by atoms with E-state index in [1.807, 2.05) is 35.6 Å². The fourth-order valence-corrected chi connectivity index (χ4v) is 2.61. The van der Waals surface area contributed by atoms with Crippen molar-refractivity contribution < 1.29 is 9.18 Å². The number of carbonyl (C=O) groups is 1. The monoisotopic (exact) mass is 316 g/mol. The molecule has 4 heteroatoms. The lowest BCUT2D eigenvalue weighted by atomic mass is 10.1. The van der Waals surface area contributed by atoms with Crippen LogP contribution < -0.4 is 0 Å². The van der Waals surface area contributed by atoms with Crippen molar-refractivity contribution in [1.29, 1.82) is 0 Å². The van der Waals surface area contributed by atoms with Crippen molar-refractivity contribution in [3.63, 3.8) is 0 Å². The molecule has 1 aromatic carbocycles. The van der Waals surface area contributed by atoms with Gasteiger partial charge in [0.25, 0.3) is 5.91 Å². The fourth-order valence-electron chi connectivity index (χ4n) is 2.61. The highest BCUT2D eigenvalue weighted by molar-refractivity contribution is 5.92. The number of nitrogens with zero attached hydrogens (tertiary/aromatic N) is 2. The van der Waals surface area contributed by atoms with Gasteiger partial charge in [0.05, 0.1) is 0 Å². The molecule has 23 heavy (non-hydrogen) atoms. The summed E-state index contributed by atoms with van der Waals surface area (Å²) in [5.41, 5.74) is 2.70. The van der Waals surface area contributed by atoms with E-state index in [0.717, 1.165) is 30.5 Å². The SMILES string of the molecule is CCCCCN(Cc1ccc(F)cc1)C(=O)c1ccc(C)n1C. The Kier molecular flexibility index (Phi) is 5.97. The molecular formula is C19H25FN2O. The van der Waals surface area contributed by atoms with Gasteiger partial charge in [-0.25, -0.2) is 4.39 Å². The topological polar surface area (TPSA) is 25.2 Å². The number of halogens is 1. The number of aromatic nitrogens is 1. The molecule has 1 aromatic heterocycles. The molecule has 0 saturated carbocycles. The molecule has 0 aliphatic rings. The summed E-state index contributed by atoms with van der Waals surface area (Å²) in [6, 6.07) is 10.2. The van der Waals surface area contributed by atoms with E-state index >= 15 is 0 Å². The van der Waals surface area contributed by atoms with Gasteiger partial charge in [0.15, 0.2) is 0 Å². The van der Waals surface area contributed by atoms with Crippen LogP contribution in [0.2, 0.25) is 0 Å². The number of hydrogen-bond acceptors (Lipinski definition) is 1. The molecule has 0 N–H and O–H groups in total. The Morgan fingerprint density at radius 2 is 1.83 bits per heavy atom. The molecule has 0 unspecified atom stereocenters. The minimum absolute atomic E-state index is 0.0287. The molecule has 0 bridgehead atoms. The van der Waals surface area contributed by atoms with Gasteiger partial charge in [0.1, 0.15) is 11.5 Å². The van der Waals surface area contributed by atoms with Crippen LogP contribution in [0.25, 0.3) is 0 Å². The summed E-state index contributed by atoms with van der Waals surface area (Å²) in [5, 5.41) is 0. The minimum atomic E-state index is -0.254. The van der Waals surface area contributed by atoms with Gasteiger partial charge in [-0.3, -0.25) is 4.79 Å². The summed E-state index contributed by atoms with van der Waals surface area (Å²) in [6.07, 6.45) is 3.19. The van der Waals surface area contributed by atoms with Crippen LogP contribution in [0.15, 0.2) is 36.4 Å². The molecular weight excluding hydrogens is 291 g/mol. The van der Waals surface area contributed by atoms with Gasteiger partial charge in [0.2, 0.25) is 0 Å². The average molecular weight is 316 g/mol. The average Bonchev–Trinajstić information content (AvgIpc) is 2.87. The Balaban J connectivity index is 2.17. The van der Waals surface area contributed by atoms with E-state index in [4.69, 9.17) is 0 Å². The standard InChI is InChI=1S/C19H25FN2O/c1-4-5-6-13-22(14-16-8-10-17(20)11-9-16)19(23)18-12-7-15(2)21(18)3/h7-12H,4-6,13-14H2,1-3H3. The van der Waals surface area contributed by atoms with Crippen molar-refractivity contribution in [2.45, 2.75) is 39.7 Å². The van der Waals surface area contributed by atoms with E-state index in [2.05, 4.69) is 6.92 Å². The number of aryl methyl sites for hydroxylation is 1. The quantitative estimate of drug-likeness (QED) is 0.699. The zero-order valence-corrected chi connectivity index (χ0v) is 14.2. The molecule has 0 aliphatic carbocycles. The van der Waals surface area contributed by atoms with Gasteiger partial charge < -0.3 is 9.47 Å². The third-order valence-corrected chi connectivity index (χ3v) is 4.20. The molecule has 1 heterocycles. The van der Waals surface area contributed by atoms with Gasteiger partial charge >= 0.3 is 0 Å². The molecule has 0 atom stereocenters. The zero-order valence-electron chi connectivity index (χ0n) is 14.2. The Morgan fingerprint density at radius 3 is 2.39 bits per heavy atom. The van der Waals surface area contributed by atoms with Crippen molar-refractivity contribution in [2.75, 3.05) is 6.54 Å². The minimum Gasteiger partial charge on any atom is -0.344 e. The molecule has 3 nitrogen and oxygen atoms in total. The first-order chi connectivity index (χ1) is 11.0. The second-order valence-corrected chi connectivity index (χ2v) is 5.98. The van der Waals surface area contributed by atoms with Crippen LogP contribution in [0, 0.1) is 12.7 Å². The van der Waals surface area contributed by atoms with Crippen LogP contribution in [0.4, 0.5) is 4.39 Å². The van der Waals surface area contributed by atoms with Crippen molar-refractivity contribution in [1.82, 2.24) is 9.47 Å². The Bertz CT molecular complexity index is 646. The van der Waals surface area contributed by atoms with E-state index in [1.54, 1.807) is 12.1 Å². The number of hydrogen-bond donors (Lipinski definition) is 0. The van der Waals surface area contributed by atoms with Crippen molar-refractivity contribution in [2.24, 2.45) is 7.05 Å². The number of unbranched alkanes of at least 4 members (excludes halogenated alkanes) is 2. The Hall–Kier alpha value is -2.10. The smallest absolute Gasteiger partial charge is 0.270 e. The molecule has 2 rings (SSSR count). The molecule has 0 aliphatic heterocycles. The van der Waals surface area contributed by atoms with Crippen molar-refractivity contribution >= 4 is 5.91 Å². The molecule has 0 saturated heterocycles. The van der Waals surface area contributed by atoms with E-state index in [9.17, 15) is 9.18 Å². The predicted octanol–water partition coefficient (Wildman–Crippen LogP) is 4.31. The molecule has 124 valence electrons. The molecule has 0 radical (unpaired) electrons. The summed E-state index contributed by atoms with van der Waals surface area (Å²) < 4.78 is 15.0. The lowest BCUT2D eigenvalue weighted by Gasteiger charge is -2.23. The highest BCUT2D eigenvalue weighted by atomic mass is 19.1. The fraction of sp³-hybridized carbons (Fsp3) is 0.421. The van der Waals surface area contributed by atoms with E-state index in [0.29, 0.717) is 18.8 Å². The maximum Gasteiger partial charge on any atom is 0.270 e. The van der Waals surface area contributed by atoms with Crippen LogP contribution in [0.5, 0.6) is 0 Å². The maximum absolute atomic E-state index is 13.1. The number of benzene rings is 1. The first-order valence-corrected chi connectivity index (χ1v) is 8.19. The summed E-state index contributed by atoms with van der Waals surface area (Å²) in [5.74, 6) is -0.225. The lowest BCUT2D eigenvalue weighted by Crippen LogP contribution is -2.32. The van der Waals surface area contributed by atoms with E-state index < -0.39 is 0 Å². The number of rotatable bonds is 7. The largest absolute Gasteiger partial charge is 0.344 e.